The van der Waals surface area contributed by atoms with Crippen molar-refractivity contribution in [3.63, 3.8) is 0 Å². The first-order chi connectivity index (χ1) is 9.00. The van der Waals surface area contributed by atoms with Gasteiger partial charge in [0.1, 0.15) is 17.5 Å². The summed E-state index contributed by atoms with van der Waals surface area (Å²) in [6.07, 6.45) is 1.51. The van der Waals surface area contributed by atoms with E-state index in [4.69, 9.17) is 10.00 Å². The maximum absolute atomic E-state index is 8.82. The Hall–Kier alpha value is -2.41. The third-order valence-electron chi connectivity index (χ3n) is 2.64. The van der Waals surface area contributed by atoms with Gasteiger partial charge in [0.15, 0.2) is 0 Å². The lowest BCUT2D eigenvalue weighted by molar-refractivity contribution is 0.422. The number of rotatable bonds is 2. The molecule has 2 rings (SSSR count). The summed E-state index contributed by atoms with van der Waals surface area (Å²) in [4.78, 5) is 8.04. The van der Waals surface area contributed by atoms with Gasteiger partial charge in [-0.1, -0.05) is 39.0 Å². The van der Waals surface area contributed by atoms with Crippen LogP contribution in [0.25, 0.3) is 0 Å². The van der Waals surface area contributed by atoms with Crippen LogP contribution in [0.15, 0.2) is 36.5 Å². The number of aromatic nitrogens is 2. The van der Waals surface area contributed by atoms with Crippen LogP contribution in [-0.2, 0) is 5.41 Å². The number of hydrogen-bond donors (Lipinski definition) is 0. The quantitative estimate of drug-likeness (QED) is 0.822. The maximum atomic E-state index is 8.82. The number of nitrogens with zero attached hydrogens (tertiary/aromatic N) is 3. The lowest BCUT2D eigenvalue weighted by Gasteiger charge is -2.21. The lowest BCUT2D eigenvalue weighted by atomic mass is 9.86. The minimum absolute atomic E-state index is 0.0383. The van der Waals surface area contributed by atoms with Crippen LogP contribution in [0.4, 0.5) is 0 Å². The Balaban J connectivity index is 2.36. The van der Waals surface area contributed by atoms with Crippen LogP contribution in [0.2, 0.25) is 0 Å². The average Bonchev–Trinajstić information content (AvgIpc) is 2.38. The molecule has 0 fully saturated rings. The van der Waals surface area contributed by atoms with Crippen molar-refractivity contribution in [1.29, 1.82) is 5.26 Å². The highest BCUT2D eigenvalue weighted by Gasteiger charge is 2.19. The van der Waals surface area contributed by atoms with Crippen molar-refractivity contribution in [1.82, 2.24) is 9.97 Å². The SMILES string of the molecule is CC(C)(C)c1ccccc1Oc1nccc(C#N)n1. The Bertz CT molecular complexity index is 624. The van der Waals surface area contributed by atoms with Gasteiger partial charge in [-0.15, -0.1) is 0 Å². The normalized spacial score (nSPS) is 10.8. The first-order valence-electron chi connectivity index (χ1n) is 6.01. The lowest BCUT2D eigenvalue weighted by Crippen LogP contribution is -2.12. The maximum Gasteiger partial charge on any atom is 0.323 e. The van der Waals surface area contributed by atoms with E-state index in [-0.39, 0.29) is 11.4 Å². The Kier molecular flexibility index (Phi) is 3.48. The van der Waals surface area contributed by atoms with Gasteiger partial charge in [0.05, 0.1) is 0 Å². The van der Waals surface area contributed by atoms with Crippen LogP contribution in [0.3, 0.4) is 0 Å². The molecule has 0 radical (unpaired) electrons. The highest BCUT2D eigenvalue weighted by Crippen LogP contribution is 2.32. The van der Waals surface area contributed by atoms with Gasteiger partial charge in [0.25, 0.3) is 0 Å². The van der Waals surface area contributed by atoms with Gasteiger partial charge in [-0.05, 0) is 17.5 Å². The molecule has 0 spiro atoms. The van der Waals surface area contributed by atoms with E-state index in [0.717, 1.165) is 5.56 Å². The zero-order chi connectivity index (χ0) is 13.9. The number of para-hydroxylation sites is 1. The van der Waals surface area contributed by atoms with Crippen molar-refractivity contribution in [2.45, 2.75) is 26.2 Å². The van der Waals surface area contributed by atoms with Gasteiger partial charge >= 0.3 is 6.01 Å². The molecule has 1 heterocycles. The minimum atomic E-state index is -0.0383. The van der Waals surface area contributed by atoms with E-state index in [0.29, 0.717) is 11.4 Å². The fourth-order valence-corrected chi connectivity index (χ4v) is 1.73. The molecule has 1 aromatic carbocycles. The number of benzene rings is 1. The van der Waals surface area contributed by atoms with E-state index in [1.54, 1.807) is 6.07 Å². The molecule has 4 nitrogen and oxygen atoms in total. The highest BCUT2D eigenvalue weighted by molar-refractivity contribution is 5.39. The minimum Gasteiger partial charge on any atom is -0.424 e. The van der Waals surface area contributed by atoms with Crippen LogP contribution in [-0.4, -0.2) is 9.97 Å². The van der Waals surface area contributed by atoms with Gasteiger partial charge in [-0.25, -0.2) is 4.98 Å². The largest absolute Gasteiger partial charge is 0.424 e. The molecule has 0 aliphatic carbocycles. The van der Waals surface area contributed by atoms with Crippen LogP contribution in [0.1, 0.15) is 32.0 Å². The molecule has 0 saturated heterocycles. The van der Waals surface area contributed by atoms with Crippen molar-refractivity contribution in [3.8, 4) is 17.8 Å². The van der Waals surface area contributed by atoms with E-state index in [1.165, 1.54) is 6.20 Å². The second-order valence-corrected chi connectivity index (χ2v) is 5.18. The fraction of sp³-hybridized carbons (Fsp3) is 0.267. The first kappa shape index (κ1) is 13.0. The highest BCUT2D eigenvalue weighted by atomic mass is 16.5. The van der Waals surface area contributed by atoms with E-state index in [9.17, 15) is 0 Å². The Morgan fingerprint density at radius 3 is 2.58 bits per heavy atom. The fourth-order valence-electron chi connectivity index (χ4n) is 1.73. The molecular weight excluding hydrogens is 238 g/mol. The molecule has 0 atom stereocenters. The summed E-state index contributed by atoms with van der Waals surface area (Å²) in [5, 5.41) is 8.82. The topological polar surface area (TPSA) is 58.8 Å². The number of hydrogen-bond acceptors (Lipinski definition) is 4. The Labute approximate surface area is 112 Å². The monoisotopic (exact) mass is 253 g/mol. The molecule has 0 aliphatic rings. The van der Waals surface area contributed by atoms with Gasteiger partial charge in [-0.2, -0.15) is 10.2 Å². The number of ether oxygens (including phenoxy) is 1. The summed E-state index contributed by atoms with van der Waals surface area (Å²) < 4.78 is 5.71. The summed E-state index contributed by atoms with van der Waals surface area (Å²) >= 11 is 0. The van der Waals surface area contributed by atoms with E-state index in [1.807, 2.05) is 30.3 Å². The summed E-state index contributed by atoms with van der Waals surface area (Å²) in [5.74, 6) is 0.713. The van der Waals surface area contributed by atoms with E-state index < -0.39 is 0 Å². The summed E-state index contributed by atoms with van der Waals surface area (Å²) in [5.41, 5.74) is 1.32. The molecular formula is C15H15N3O. The third-order valence-corrected chi connectivity index (χ3v) is 2.64. The Morgan fingerprint density at radius 2 is 1.89 bits per heavy atom. The van der Waals surface area contributed by atoms with Crippen molar-refractivity contribution >= 4 is 0 Å². The summed E-state index contributed by atoms with van der Waals surface area (Å²) in [6, 6.07) is 11.5. The second kappa shape index (κ2) is 5.07. The second-order valence-electron chi connectivity index (χ2n) is 5.18. The average molecular weight is 253 g/mol. The van der Waals surface area contributed by atoms with Crippen molar-refractivity contribution in [2.75, 3.05) is 0 Å². The van der Waals surface area contributed by atoms with Crippen molar-refractivity contribution in [3.05, 3.63) is 47.8 Å². The van der Waals surface area contributed by atoms with E-state index in [2.05, 4.69) is 30.7 Å². The standard InChI is InChI=1S/C15H15N3O/c1-15(2,3)12-6-4-5-7-13(12)19-14-17-9-8-11(10-16)18-14/h4-9H,1-3H3. The number of nitriles is 1. The molecule has 96 valence electrons. The van der Waals surface area contributed by atoms with Crippen molar-refractivity contribution in [2.24, 2.45) is 0 Å². The molecule has 2 aromatic rings. The van der Waals surface area contributed by atoms with Crippen LogP contribution in [0, 0.1) is 11.3 Å². The molecule has 0 N–H and O–H groups in total. The molecule has 0 amide bonds. The van der Waals surface area contributed by atoms with Crippen LogP contribution < -0.4 is 4.74 Å². The van der Waals surface area contributed by atoms with Gasteiger partial charge in [-0.3, -0.25) is 0 Å². The zero-order valence-corrected chi connectivity index (χ0v) is 11.2. The first-order valence-corrected chi connectivity index (χ1v) is 6.01. The summed E-state index contributed by atoms with van der Waals surface area (Å²) in [7, 11) is 0. The Morgan fingerprint density at radius 1 is 1.16 bits per heavy atom. The third kappa shape index (κ3) is 3.08. The van der Waals surface area contributed by atoms with Gasteiger partial charge < -0.3 is 4.74 Å². The predicted molar refractivity (Wildman–Crippen MR) is 72.0 cm³/mol. The summed E-state index contributed by atoms with van der Waals surface area (Å²) in [6.45, 7) is 6.34. The molecule has 1 aromatic heterocycles. The molecule has 0 aliphatic heterocycles. The van der Waals surface area contributed by atoms with Crippen LogP contribution in [0.5, 0.6) is 11.8 Å². The molecule has 0 unspecified atom stereocenters. The van der Waals surface area contributed by atoms with E-state index >= 15 is 0 Å². The zero-order valence-electron chi connectivity index (χ0n) is 11.2. The predicted octanol–water partition coefficient (Wildman–Crippen LogP) is 3.44. The molecule has 0 bridgehead atoms. The smallest absolute Gasteiger partial charge is 0.323 e. The molecule has 19 heavy (non-hydrogen) atoms. The molecule has 4 heteroatoms. The van der Waals surface area contributed by atoms with Gasteiger partial charge in [0.2, 0.25) is 0 Å². The van der Waals surface area contributed by atoms with Crippen LogP contribution >= 0.6 is 0 Å². The molecule has 0 saturated carbocycles. The van der Waals surface area contributed by atoms with Gasteiger partial charge in [0, 0.05) is 11.8 Å². The van der Waals surface area contributed by atoms with Crippen molar-refractivity contribution < 1.29 is 4.74 Å².